The zero-order valence-corrected chi connectivity index (χ0v) is 35.8. The molecule has 0 aliphatic heterocycles. The number of benzene rings is 2. The number of carbonyl (C=O) groups is 3. The highest BCUT2D eigenvalue weighted by molar-refractivity contribution is 7.13. The Morgan fingerprint density at radius 2 is 1.45 bits per heavy atom. The number of thiazole rings is 1. The highest BCUT2D eigenvalue weighted by Crippen LogP contribution is 2.24. The second-order valence-corrected chi connectivity index (χ2v) is 15.8. The zero-order chi connectivity index (χ0) is 43.1. The molecule has 2 aromatic carbocycles. The van der Waals surface area contributed by atoms with Crippen molar-refractivity contribution >= 4 is 40.8 Å². The number of carbonyl (C=O) groups excluding carboxylic acids is 3. The van der Waals surface area contributed by atoms with Crippen LogP contribution in [0, 0.1) is 11.8 Å². The molecule has 3 amide bonds. The van der Waals surface area contributed by atoms with Gasteiger partial charge in [-0.3, -0.25) is 14.4 Å². The van der Waals surface area contributed by atoms with E-state index in [-0.39, 0.29) is 30.9 Å². The lowest BCUT2D eigenvalue weighted by Crippen LogP contribution is -2.54. The molecular formula is C43H61N9O7S. The molecule has 60 heavy (non-hydrogen) atoms. The molecular weight excluding hydrogens is 787 g/mol. The molecule has 0 radical (unpaired) electrons. The van der Waals surface area contributed by atoms with E-state index in [4.69, 9.17) is 24.9 Å². The van der Waals surface area contributed by atoms with Crippen molar-refractivity contribution in [1.29, 1.82) is 0 Å². The third-order valence-electron chi connectivity index (χ3n) is 8.87. The Bertz CT molecular complexity index is 1860. The summed E-state index contributed by atoms with van der Waals surface area (Å²) in [6.07, 6.45) is 0.984. The van der Waals surface area contributed by atoms with Gasteiger partial charge in [0, 0.05) is 48.4 Å². The van der Waals surface area contributed by atoms with Gasteiger partial charge in [-0.05, 0) is 48.4 Å². The van der Waals surface area contributed by atoms with Crippen LogP contribution < -0.4 is 32.3 Å². The number of nitrogens with zero attached hydrogens (tertiary/aromatic N) is 3. The zero-order valence-electron chi connectivity index (χ0n) is 35.0. The lowest BCUT2D eigenvalue weighted by atomic mass is 10.00. The summed E-state index contributed by atoms with van der Waals surface area (Å²) in [5.41, 5.74) is 9.33. The van der Waals surface area contributed by atoms with Gasteiger partial charge < -0.3 is 51.6 Å². The quantitative estimate of drug-likeness (QED) is 0.0406. The summed E-state index contributed by atoms with van der Waals surface area (Å²) >= 11 is 1.53. The van der Waals surface area contributed by atoms with Crippen LogP contribution in [0.3, 0.4) is 0 Å². The molecule has 2 heterocycles. The molecule has 16 nitrogen and oxygen atoms in total. The number of amides is 3. The Hall–Kier alpha value is -5.04. The molecule has 0 unspecified atom stereocenters. The van der Waals surface area contributed by atoms with Crippen molar-refractivity contribution in [2.24, 2.45) is 17.6 Å². The monoisotopic (exact) mass is 847 g/mol. The number of rotatable bonds is 28. The lowest BCUT2D eigenvalue weighted by molar-refractivity contribution is -0.135. The standard InChI is InChI=1S/C43H61N9O7S/c1-29(2)24-36(51-41(56)38(53)35(44)25-31-8-6-5-7-9-31)40(55)46-17-19-58-21-23-59-22-20-57-18-16-45-39(54)32-10-12-33(13-11-32)42-50-34(28-60-42)27-49-43-47-15-14-37(52-43)48-26-30(3)4/h5-15,28-30,35-36,38,53H,16-27,44H2,1-4H3,(H,45,54)(H,46,55)(H,51,56)(H2,47,48,49,52)/t35-,36+,38+/m0/s1. The number of hydrogen-bond donors (Lipinski definition) is 7. The van der Waals surface area contributed by atoms with Crippen molar-refractivity contribution in [3.05, 3.63) is 89.1 Å². The fourth-order valence-corrected chi connectivity index (χ4v) is 6.53. The number of aliphatic hydroxyl groups excluding tert-OH is 1. The van der Waals surface area contributed by atoms with E-state index in [2.05, 4.69) is 50.4 Å². The summed E-state index contributed by atoms with van der Waals surface area (Å²) < 4.78 is 16.7. The Morgan fingerprint density at radius 1 is 0.783 bits per heavy atom. The molecule has 0 bridgehead atoms. The molecule has 3 atom stereocenters. The van der Waals surface area contributed by atoms with Gasteiger partial charge >= 0.3 is 0 Å². The van der Waals surface area contributed by atoms with Crippen molar-refractivity contribution in [1.82, 2.24) is 30.9 Å². The minimum Gasteiger partial charge on any atom is -0.382 e. The average Bonchev–Trinajstić information content (AvgIpc) is 3.72. The highest BCUT2D eigenvalue weighted by Gasteiger charge is 2.28. The van der Waals surface area contributed by atoms with E-state index in [9.17, 15) is 19.5 Å². The van der Waals surface area contributed by atoms with Gasteiger partial charge in [0.25, 0.3) is 11.8 Å². The van der Waals surface area contributed by atoms with E-state index < -0.39 is 24.1 Å². The van der Waals surface area contributed by atoms with Gasteiger partial charge in [0.1, 0.15) is 23.0 Å². The summed E-state index contributed by atoms with van der Waals surface area (Å²) in [6, 6.07) is 16.9. The molecule has 0 saturated heterocycles. The van der Waals surface area contributed by atoms with E-state index >= 15 is 0 Å². The van der Waals surface area contributed by atoms with Gasteiger partial charge in [0.05, 0.1) is 51.9 Å². The maximum atomic E-state index is 12.9. The maximum Gasteiger partial charge on any atom is 0.251 e. The molecule has 8 N–H and O–H groups in total. The molecule has 326 valence electrons. The SMILES string of the molecule is CC(C)CNc1ccnc(NCc2csc(-c3ccc(C(=O)NCCOCCOCCOCCNC(=O)[C@@H](CC(C)C)NC(=O)[C@H](O)[C@@H](N)Cc4ccccc4)cc3)n2)n1. The number of ether oxygens (including phenoxy) is 3. The predicted octanol–water partition coefficient (Wildman–Crippen LogP) is 3.64. The van der Waals surface area contributed by atoms with Crippen LogP contribution in [0.25, 0.3) is 10.6 Å². The van der Waals surface area contributed by atoms with Gasteiger partial charge in [-0.15, -0.1) is 11.3 Å². The van der Waals surface area contributed by atoms with Crippen molar-refractivity contribution in [2.75, 3.05) is 69.9 Å². The maximum absolute atomic E-state index is 12.9. The first-order chi connectivity index (χ1) is 29.0. The van der Waals surface area contributed by atoms with Gasteiger partial charge in [-0.1, -0.05) is 70.2 Å². The first-order valence-corrected chi connectivity index (χ1v) is 21.3. The summed E-state index contributed by atoms with van der Waals surface area (Å²) in [7, 11) is 0. The minimum absolute atomic E-state index is 0.125. The molecule has 0 spiro atoms. The molecule has 17 heteroatoms. The number of aliphatic hydroxyl groups is 1. The van der Waals surface area contributed by atoms with Crippen LogP contribution >= 0.6 is 11.3 Å². The van der Waals surface area contributed by atoms with Crippen LogP contribution in [-0.2, 0) is 36.8 Å². The largest absolute Gasteiger partial charge is 0.382 e. The van der Waals surface area contributed by atoms with Gasteiger partial charge in [-0.2, -0.15) is 4.98 Å². The Kier molecular flexibility index (Phi) is 20.8. The Morgan fingerprint density at radius 3 is 2.12 bits per heavy atom. The Labute approximate surface area is 356 Å². The summed E-state index contributed by atoms with van der Waals surface area (Å²) in [5, 5.41) is 28.2. The van der Waals surface area contributed by atoms with Crippen molar-refractivity contribution in [3.63, 3.8) is 0 Å². The molecule has 0 aliphatic rings. The Balaban J connectivity index is 1.01. The number of aromatic nitrogens is 3. The predicted molar refractivity (Wildman–Crippen MR) is 234 cm³/mol. The van der Waals surface area contributed by atoms with E-state index in [1.807, 2.05) is 67.8 Å². The molecule has 0 saturated carbocycles. The lowest BCUT2D eigenvalue weighted by Gasteiger charge is -2.24. The number of nitrogens with two attached hydrogens (primary N) is 1. The smallest absolute Gasteiger partial charge is 0.251 e. The van der Waals surface area contributed by atoms with E-state index in [1.54, 1.807) is 18.3 Å². The van der Waals surface area contributed by atoms with Crippen LogP contribution in [0.2, 0.25) is 0 Å². The van der Waals surface area contributed by atoms with E-state index in [0.717, 1.165) is 34.2 Å². The third-order valence-corrected chi connectivity index (χ3v) is 9.81. The molecule has 4 rings (SSSR count). The van der Waals surface area contributed by atoms with Crippen molar-refractivity contribution < 1.29 is 33.7 Å². The van der Waals surface area contributed by atoms with Crippen LogP contribution in [0.1, 0.15) is 55.7 Å². The first kappa shape index (κ1) is 47.6. The van der Waals surface area contributed by atoms with Crippen LogP contribution in [-0.4, -0.2) is 115 Å². The topological polar surface area (TPSA) is 224 Å². The van der Waals surface area contributed by atoms with Gasteiger partial charge in [0.2, 0.25) is 11.9 Å². The molecule has 2 aromatic heterocycles. The summed E-state index contributed by atoms with van der Waals surface area (Å²) in [6.45, 7) is 12.1. The first-order valence-electron chi connectivity index (χ1n) is 20.4. The second-order valence-electron chi connectivity index (χ2n) is 15.0. The number of nitrogens with one attached hydrogen (secondary N) is 5. The van der Waals surface area contributed by atoms with E-state index in [1.165, 1.54) is 11.3 Å². The number of anilines is 2. The van der Waals surface area contributed by atoms with Gasteiger partial charge in [0.15, 0.2) is 0 Å². The molecule has 0 aliphatic carbocycles. The summed E-state index contributed by atoms with van der Waals surface area (Å²) in [4.78, 5) is 51.8. The second kappa shape index (κ2) is 26.2. The average molecular weight is 848 g/mol. The molecule has 4 aromatic rings. The number of hydrogen-bond acceptors (Lipinski definition) is 14. The fraction of sp³-hybridized carbons (Fsp3) is 0.488. The van der Waals surface area contributed by atoms with Crippen molar-refractivity contribution in [2.45, 2.75) is 65.3 Å². The normalized spacial score (nSPS) is 12.8. The van der Waals surface area contributed by atoms with Crippen molar-refractivity contribution in [3.8, 4) is 10.6 Å². The summed E-state index contributed by atoms with van der Waals surface area (Å²) in [5.74, 6) is 0.710. The molecule has 0 fully saturated rings. The fourth-order valence-electron chi connectivity index (χ4n) is 5.71. The van der Waals surface area contributed by atoms with Crippen LogP contribution in [0.5, 0.6) is 0 Å². The highest BCUT2D eigenvalue weighted by atomic mass is 32.1. The van der Waals surface area contributed by atoms with Crippen LogP contribution in [0.4, 0.5) is 11.8 Å². The minimum atomic E-state index is -1.46. The van der Waals surface area contributed by atoms with Gasteiger partial charge in [-0.25, -0.2) is 9.97 Å². The van der Waals surface area contributed by atoms with Crippen LogP contribution in [0.15, 0.2) is 72.2 Å². The van der Waals surface area contributed by atoms with E-state index in [0.29, 0.717) is 76.4 Å². The third kappa shape index (κ3) is 17.7.